The van der Waals surface area contributed by atoms with Crippen LogP contribution in [0.5, 0.6) is 0 Å². The fraction of sp³-hybridized carbons (Fsp3) is 0.588. The Kier molecular flexibility index (Phi) is 7.53. The number of aromatic nitrogens is 2. The molecule has 0 saturated carbocycles. The molecule has 0 unspecified atom stereocenters. The number of guanidine groups is 1. The van der Waals surface area contributed by atoms with E-state index in [9.17, 15) is 0 Å². The molecule has 2 aromatic rings. The Morgan fingerprint density at radius 2 is 1.78 bits per heavy atom. The van der Waals surface area contributed by atoms with Crippen LogP contribution in [0.3, 0.4) is 0 Å². The molecule has 2 aliphatic rings. The van der Waals surface area contributed by atoms with Crippen molar-refractivity contribution in [2.24, 2.45) is 10.7 Å². The van der Waals surface area contributed by atoms with E-state index in [0.717, 1.165) is 61.6 Å². The van der Waals surface area contributed by atoms with Gasteiger partial charge in [-0.15, -0.1) is 46.7 Å². The van der Waals surface area contributed by atoms with Gasteiger partial charge >= 0.3 is 0 Å². The number of nitrogens with two attached hydrogens (primary N) is 1. The smallest absolute Gasteiger partial charge is 0.191 e. The molecule has 0 aromatic carbocycles. The van der Waals surface area contributed by atoms with Crippen molar-refractivity contribution in [2.45, 2.75) is 19.3 Å². The van der Waals surface area contributed by atoms with Gasteiger partial charge in [0.2, 0.25) is 0 Å². The van der Waals surface area contributed by atoms with E-state index in [2.05, 4.69) is 30.1 Å². The van der Waals surface area contributed by atoms with Crippen molar-refractivity contribution in [3.63, 3.8) is 0 Å². The van der Waals surface area contributed by atoms with E-state index in [1.165, 1.54) is 12.8 Å². The van der Waals surface area contributed by atoms with Gasteiger partial charge < -0.3 is 20.4 Å². The van der Waals surface area contributed by atoms with E-state index in [-0.39, 0.29) is 24.0 Å². The molecule has 4 heterocycles. The van der Waals surface area contributed by atoms with E-state index in [1.54, 1.807) is 22.7 Å². The van der Waals surface area contributed by atoms with Crippen molar-refractivity contribution >= 4 is 62.9 Å². The Morgan fingerprint density at radius 1 is 1.04 bits per heavy atom. The van der Waals surface area contributed by atoms with Crippen LogP contribution in [0.1, 0.15) is 18.5 Å². The lowest BCUT2D eigenvalue weighted by Crippen LogP contribution is -2.51. The molecule has 0 bridgehead atoms. The van der Waals surface area contributed by atoms with Crippen molar-refractivity contribution in [3.8, 4) is 0 Å². The summed E-state index contributed by atoms with van der Waals surface area (Å²) in [7, 11) is 0. The first-order valence-electron chi connectivity index (χ1n) is 9.18. The van der Waals surface area contributed by atoms with Gasteiger partial charge in [-0.05, 0) is 12.8 Å². The highest BCUT2D eigenvalue weighted by Crippen LogP contribution is 2.24. The minimum Gasteiger partial charge on any atom is -0.370 e. The zero-order chi connectivity index (χ0) is 17.8. The van der Waals surface area contributed by atoms with Crippen LogP contribution in [0.2, 0.25) is 0 Å². The van der Waals surface area contributed by atoms with Gasteiger partial charge in [-0.2, -0.15) is 0 Å². The lowest BCUT2D eigenvalue weighted by molar-refractivity contribution is 0.380. The number of rotatable bonds is 5. The summed E-state index contributed by atoms with van der Waals surface area (Å²) in [5.74, 6) is 0.652. The zero-order valence-corrected chi connectivity index (χ0v) is 19.3. The number of halogens is 1. The Balaban J connectivity index is 0.00000210. The van der Waals surface area contributed by atoms with Crippen LogP contribution in [0.4, 0.5) is 10.3 Å². The highest BCUT2D eigenvalue weighted by molar-refractivity contribution is 14.0. The van der Waals surface area contributed by atoms with E-state index in [4.69, 9.17) is 10.7 Å². The molecule has 2 saturated heterocycles. The minimum atomic E-state index is 0. The van der Waals surface area contributed by atoms with E-state index in [0.29, 0.717) is 12.5 Å². The number of anilines is 2. The van der Waals surface area contributed by atoms with Crippen LogP contribution in [0, 0.1) is 0 Å². The molecule has 2 fully saturated rings. The molecular formula is C17H26IN7S2. The summed E-state index contributed by atoms with van der Waals surface area (Å²) in [4.78, 5) is 20.6. The first-order valence-corrected chi connectivity index (χ1v) is 10.9. The van der Waals surface area contributed by atoms with Crippen LogP contribution in [-0.2, 0) is 6.42 Å². The van der Waals surface area contributed by atoms with Gasteiger partial charge in [-0.1, -0.05) is 0 Å². The Bertz CT molecular complexity index is 719. The second-order valence-corrected chi connectivity index (χ2v) is 8.30. The van der Waals surface area contributed by atoms with Crippen LogP contribution in [0.15, 0.2) is 21.9 Å². The lowest BCUT2D eigenvalue weighted by Gasteiger charge is -2.35. The first-order chi connectivity index (χ1) is 12.8. The molecule has 2 aromatic heterocycles. The highest BCUT2D eigenvalue weighted by atomic mass is 127. The van der Waals surface area contributed by atoms with Gasteiger partial charge in [0.1, 0.15) is 0 Å². The second-order valence-electron chi connectivity index (χ2n) is 6.59. The molecule has 0 amide bonds. The van der Waals surface area contributed by atoms with Gasteiger partial charge in [0.15, 0.2) is 16.2 Å². The predicted octanol–water partition coefficient (Wildman–Crippen LogP) is 2.50. The van der Waals surface area contributed by atoms with E-state index < -0.39 is 0 Å². The number of thiazole rings is 2. The minimum absolute atomic E-state index is 0. The number of piperazine rings is 1. The molecule has 27 heavy (non-hydrogen) atoms. The fourth-order valence-electron chi connectivity index (χ4n) is 3.35. The molecule has 7 nitrogen and oxygen atoms in total. The van der Waals surface area contributed by atoms with Gasteiger partial charge in [0, 0.05) is 69.2 Å². The SMILES string of the molecule is I.NC(=NCCc1csc(N2CCCC2)n1)N1CCN(c2nccs2)CC1. The maximum atomic E-state index is 6.20. The largest absolute Gasteiger partial charge is 0.370 e. The molecule has 0 radical (unpaired) electrons. The maximum absolute atomic E-state index is 6.20. The van der Waals surface area contributed by atoms with E-state index >= 15 is 0 Å². The fourth-order valence-corrected chi connectivity index (χ4v) is 4.96. The Hall–Kier alpha value is -1.14. The van der Waals surface area contributed by atoms with Gasteiger partial charge in [-0.25, -0.2) is 9.97 Å². The molecule has 0 spiro atoms. The van der Waals surface area contributed by atoms with Crippen LogP contribution in [0.25, 0.3) is 0 Å². The average Bonchev–Trinajstić information content (AvgIpc) is 3.43. The number of hydrogen-bond donors (Lipinski definition) is 1. The Morgan fingerprint density at radius 3 is 2.48 bits per heavy atom. The summed E-state index contributed by atoms with van der Waals surface area (Å²) in [5, 5.41) is 6.43. The second kappa shape index (κ2) is 9.87. The standard InChI is InChI=1S/C17H25N7S2.HI/c18-15(22-8-10-24(11-9-22)16-20-5-12-25-16)19-4-3-14-13-26-17(21-14)23-6-1-2-7-23;/h5,12-13H,1-4,6-11H2,(H2,18,19);1H. The van der Waals surface area contributed by atoms with Gasteiger partial charge in [0.05, 0.1) is 5.69 Å². The predicted molar refractivity (Wildman–Crippen MR) is 125 cm³/mol. The van der Waals surface area contributed by atoms with Crippen molar-refractivity contribution in [2.75, 3.05) is 55.6 Å². The third kappa shape index (κ3) is 5.23. The zero-order valence-electron chi connectivity index (χ0n) is 15.3. The summed E-state index contributed by atoms with van der Waals surface area (Å²) in [5.41, 5.74) is 7.33. The maximum Gasteiger partial charge on any atom is 0.191 e. The summed E-state index contributed by atoms with van der Waals surface area (Å²) >= 11 is 3.43. The summed E-state index contributed by atoms with van der Waals surface area (Å²) in [6, 6.07) is 0. The molecule has 148 valence electrons. The third-order valence-corrected chi connectivity index (χ3v) is 6.63. The number of aliphatic imine (C=N–C) groups is 1. The van der Waals surface area contributed by atoms with Crippen molar-refractivity contribution in [3.05, 3.63) is 22.7 Å². The van der Waals surface area contributed by atoms with Gasteiger partial charge in [-0.3, -0.25) is 4.99 Å². The summed E-state index contributed by atoms with van der Waals surface area (Å²) < 4.78 is 0. The van der Waals surface area contributed by atoms with Crippen molar-refractivity contribution in [1.29, 1.82) is 0 Å². The first kappa shape index (κ1) is 20.6. The number of hydrogen-bond acceptors (Lipinski definition) is 7. The monoisotopic (exact) mass is 519 g/mol. The summed E-state index contributed by atoms with van der Waals surface area (Å²) in [6.45, 7) is 6.65. The topological polar surface area (TPSA) is 73.9 Å². The van der Waals surface area contributed by atoms with Crippen LogP contribution in [-0.4, -0.2) is 66.6 Å². The van der Waals surface area contributed by atoms with Crippen LogP contribution < -0.4 is 15.5 Å². The highest BCUT2D eigenvalue weighted by Gasteiger charge is 2.20. The molecule has 0 atom stereocenters. The summed E-state index contributed by atoms with van der Waals surface area (Å²) in [6.07, 6.45) is 5.27. The normalized spacial score (nSPS) is 18.1. The van der Waals surface area contributed by atoms with Gasteiger partial charge in [0.25, 0.3) is 0 Å². The van der Waals surface area contributed by atoms with Crippen LogP contribution >= 0.6 is 46.7 Å². The molecule has 2 aliphatic heterocycles. The van der Waals surface area contributed by atoms with Crippen molar-refractivity contribution < 1.29 is 0 Å². The lowest BCUT2D eigenvalue weighted by atomic mass is 10.3. The van der Waals surface area contributed by atoms with E-state index in [1.807, 2.05) is 11.6 Å². The number of nitrogens with zero attached hydrogens (tertiary/aromatic N) is 6. The average molecular weight is 519 g/mol. The molecule has 0 aliphatic carbocycles. The molecule has 2 N–H and O–H groups in total. The molecule has 10 heteroatoms. The molecular weight excluding hydrogens is 493 g/mol. The third-order valence-electron chi connectivity index (χ3n) is 4.85. The van der Waals surface area contributed by atoms with Crippen molar-refractivity contribution in [1.82, 2.24) is 14.9 Å². The quantitative estimate of drug-likeness (QED) is 0.372. The molecule has 4 rings (SSSR count). The Labute approximate surface area is 185 Å².